The van der Waals surface area contributed by atoms with E-state index >= 15 is 0 Å². The van der Waals surface area contributed by atoms with Crippen LogP contribution in [0.3, 0.4) is 0 Å². The highest BCUT2D eigenvalue weighted by Gasteiger charge is 2.30. The molecule has 0 radical (unpaired) electrons. The highest BCUT2D eigenvalue weighted by Crippen LogP contribution is 2.31. The lowest BCUT2D eigenvalue weighted by Gasteiger charge is -2.43. The van der Waals surface area contributed by atoms with Crippen LogP contribution in [0.2, 0.25) is 5.02 Å². The molecule has 0 amide bonds. The molecule has 1 aromatic carbocycles. The SMILES string of the molecule is CC(C)CC(c1ccc(Cl)cc1)N1C[C@H](C)NC[C@H]1C.Cl. The molecule has 2 rings (SSSR count). The zero-order valence-corrected chi connectivity index (χ0v) is 15.0. The normalized spacial score (nSPS) is 24.7. The average Bonchev–Trinajstić information content (AvgIpc) is 2.40. The minimum absolute atomic E-state index is 0. The van der Waals surface area contributed by atoms with Gasteiger partial charge in [0.15, 0.2) is 0 Å². The Morgan fingerprint density at radius 2 is 1.86 bits per heavy atom. The molecule has 1 heterocycles. The number of benzene rings is 1. The van der Waals surface area contributed by atoms with Crippen molar-refractivity contribution in [3.8, 4) is 0 Å². The van der Waals surface area contributed by atoms with Crippen molar-refractivity contribution in [2.24, 2.45) is 5.92 Å². The minimum atomic E-state index is 0. The number of hydrogen-bond acceptors (Lipinski definition) is 2. The van der Waals surface area contributed by atoms with E-state index in [2.05, 4.69) is 50.0 Å². The van der Waals surface area contributed by atoms with Crippen LogP contribution in [-0.4, -0.2) is 30.1 Å². The molecule has 4 heteroatoms. The van der Waals surface area contributed by atoms with Crippen LogP contribution >= 0.6 is 24.0 Å². The monoisotopic (exact) mass is 330 g/mol. The van der Waals surface area contributed by atoms with Gasteiger partial charge in [-0.1, -0.05) is 37.6 Å². The second-order valence-electron chi connectivity index (χ2n) is 6.55. The van der Waals surface area contributed by atoms with Crippen LogP contribution in [0, 0.1) is 5.92 Å². The Balaban J connectivity index is 0.00000220. The summed E-state index contributed by atoms with van der Waals surface area (Å²) in [5.41, 5.74) is 1.39. The molecular formula is C17H28Cl2N2. The Bertz CT molecular complexity index is 419. The quantitative estimate of drug-likeness (QED) is 0.872. The van der Waals surface area contributed by atoms with Crippen molar-refractivity contribution in [1.29, 1.82) is 0 Å². The predicted octanol–water partition coefficient (Wildman–Crippen LogP) is 4.53. The summed E-state index contributed by atoms with van der Waals surface area (Å²) in [5.74, 6) is 0.688. The highest BCUT2D eigenvalue weighted by atomic mass is 35.5. The van der Waals surface area contributed by atoms with Gasteiger partial charge < -0.3 is 5.32 Å². The summed E-state index contributed by atoms with van der Waals surface area (Å²) < 4.78 is 0. The molecule has 0 aromatic heterocycles. The maximum Gasteiger partial charge on any atom is 0.0406 e. The Labute approximate surface area is 140 Å². The van der Waals surface area contributed by atoms with Gasteiger partial charge in [0, 0.05) is 36.2 Å². The van der Waals surface area contributed by atoms with Crippen molar-refractivity contribution in [2.45, 2.75) is 52.2 Å². The number of hydrogen-bond donors (Lipinski definition) is 1. The van der Waals surface area contributed by atoms with E-state index in [9.17, 15) is 0 Å². The van der Waals surface area contributed by atoms with Crippen LogP contribution < -0.4 is 5.32 Å². The third-order valence-corrected chi connectivity index (χ3v) is 4.41. The van der Waals surface area contributed by atoms with Gasteiger partial charge in [-0.25, -0.2) is 0 Å². The fourth-order valence-electron chi connectivity index (χ4n) is 3.08. The van der Waals surface area contributed by atoms with Crippen molar-refractivity contribution in [3.63, 3.8) is 0 Å². The van der Waals surface area contributed by atoms with Crippen LogP contribution in [0.5, 0.6) is 0 Å². The summed E-state index contributed by atoms with van der Waals surface area (Å²) >= 11 is 6.04. The van der Waals surface area contributed by atoms with Crippen LogP contribution in [-0.2, 0) is 0 Å². The van der Waals surface area contributed by atoms with Crippen molar-refractivity contribution < 1.29 is 0 Å². The fraction of sp³-hybridized carbons (Fsp3) is 0.647. The summed E-state index contributed by atoms with van der Waals surface area (Å²) in [4.78, 5) is 2.66. The van der Waals surface area contributed by atoms with Crippen molar-refractivity contribution >= 4 is 24.0 Å². The average molecular weight is 331 g/mol. The highest BCUT2D eigenvalue weighted by molar-refractivity contribution is 6.30. The Hall–Kier alpha value is -0.280. The number of piperazine rings is 1. The maximum absolute atomic E-state index is 6.04. The molecule has 1 aromatic rings. The fourth-order valence-corrected chi connectivity index (χ4v) is 3.20. The van der Waals surface area contributed by atoms with E-state index in [4.69, 9.17) is 11.6 Å². The van der Waals surface area contributed by atoms with E-state index in [1.165, 1.54) is 12.0 Å². The molecule has 1 aliphatic rings. The molecule has 1 saturated heterocycles. The molecule has 21 heavy (non-hydrogen) atoms. The van der Waals surface area contributed by atoms with Crippen LogP contribution in [0.1, 0.15) is 45.7 Å². The van der Waals surface area contributed by atoms with Gasteiger partial charge in [0.1, 0.15) is 0 Å². The smallest absolute Gasteiger partial charge is 0.0406 e. The maximum atomic E-state index is 6.04. The van der Waals surface area contributed by atoms with Gasteiger partial charge in [-0.15, -0.1) is 12.4 Å². The topological polar surface area (TPSA) is 15.3 Å². The first-order valence-electron chi connectivity index (χ1n) is 7.72. The summed E-state index contributed by atoms with van der Waals surface area (Å²) in [7, 11) is 0. The molecule has 1 unspecified atom stereocenters. The number of nitrogens with one attached hydrogen (secondary N) is 1. The Morgan fingerprint density at radius 3 is 2.43 bits per heavy atom. The zero-order chi connectivity index (χ0) is 14.7. The molecule has 1 N–H and O–H groups in total. The van der Waals surface area contributed by atoms with E-state index in [0.717, 1.165) is 18.1 Å². The van der Waals surface area contributed by atoms with Gasteiger partial charge in [0.2, 0.25) is 0 Å². The zero-order valence-electron chi connectivity index (χ0n) is 13.5. The van der Waals surface area contributed by atoms with E-state index < -0.39 is 0 Å². The summed E-state index contributed by atoms with van der Waals surface area (Å²) in [6, 6.07) is 10.0. The largest absolute Gasteiger partial charge is 0.311 e. The molecule has 0 spiro atoms. The third kappa shape index (κ3) is 5.14. The van der Waals surface area contributed by atoms with E-state index in [1.807, 2.05) is 12.1 Å². The first-order chi connectivity index (χ1) is 9.47. The van der Waals surface area contributed by atoms with Gasteiger partial charge in [0.05, 0.1) is 0 Å². The van der Waals surface area contributed by atoms with Gasteiger partial charge in [-0.2, -0.15) is 0 Å². The third-order valence-electron chi connectivity index (χ3n) is 4.16. The second-order valence-corrected chi connectivity index (χ2v) is 6.99. The van der Waals surface area contributed by atoms with Gasteiger partial charge in [0.25, 0.3) is 0 Å². The lowest BCUT2D eigenvalue weighted by atomic mass is 9.93. The van der Waals surface area contributed by atoms with E-state index in [1.54, 1.807) is 0 Å². The molecule has 1 fully saturated rings. The second kappa shape index (κ2) is 8.38. The molecule has 0 saturated carbocycles. The van der Waals surface area contributed by atoms with Gasteiger partial charge in [-0.3, -0.25) is 4.90 Å². The minimum Gasteiger partial charge on any atom is -0.311 e. The first kappa shape index (κ1) is 18.8. The molecule has 3 atom stereocenters. The van der Waals surface area contributed by atoms with Crippen LogP contribution in [0.4, 0.5) is 0 Å². The standard InChI is InChI=1S/C17H27ClN2.ClH/c1-12(2)9-17(15-5-7-16(18)8-6-15)20-11-13(3)19-10-14(20)4;/h5-8,12-14,17,19H,9-11H2,1-4H3;1H/t13-,14+,17?;/m0./s1. The van der Waals surface area contributed by atoms with E-state index in [-0.39, 0.29) is 12.4 Å². The first-order valence-corrected chi connectivity index (χ1v) is 8.09. The lowest BCUT2D eigenvalue weighted by molar-refractivity contribution is 0.0826. The number of nitrogens with zero attached hydrogens (tertiary/aromatic N) is 1. The van der Waals surface area contributed by atoms with Gasteiger partial charge in [-0.05, 0) is 43.9 Å². The van der Waals surface area contributed by atoms with Crippen molar-refractivity contribution in [1.82, 2.24) is 10.2 Å². The van der Waals surface area contributed by atoms with E-state index in [0.29, 0.717) is 24.0 Å². The molecule has 1 aliphatic heterocycles. The molecule has 0 bridgehead atoms. The molecule has 0 aliphatic carbocycles. The Kier molecular flexibility index (Phi) is 7.49. The van der Waals surface area contributed by atoms with Crippen LogP contribution in [0.25, 0.3) is 0 Å². The van der Waals surface area contributed by atoms with Crippen molar-refractivity contribution in [2.75, 3.05) is 13.1 Å². The molecular weight excluding hydrogens is 303 g/mol. The molecule has 2 nitrogen and oxygen atoms in total. The summed E-state index contributed by atoms with van der Waals surface area (Å²) in [6.45, 7) is 11.4. The number of halogens is 2. The Morgan fingerprint density at radius 1 is 1.24 bits per heavy atom. The number of rotatable bonds is 4. The summed E-state index contributed by atoms with van der Waals surface area (Å²) in [6.07, 6.45) is 1.19. The molecule has 120 valence electrons. The lowest BCUT2D eigenvalue weighted by Crippen LogP contribution is -2.55. The van der Waals surface area contributed by atoms with Crippen LogP contribution in [0.15, 0.2) is 24.3 Å². The summed E-state index contributed by atoms with van der Waals surface area (Å²) in [5, 5.41) is 4.39. The van der Waals surface area contributed by atoms with Crippen molar-refractivity contribution in [3.05, 3.63) is 34.9 Å². The van der Waals surface area contributed by atoms with Gasteiger partial charge >= 0.3 is 0 Å². The predicted molar refractivity (Wildman–Crippen MR) is 94.5 cm³/mol.